The highest BCUT2D eigenvalue weighted by Gasteiger charge is 2.21. The van der Waals surface area contributed by atoms with Crippen molar-refractivity contribution in [3.05, 3.63) is 59.7 Å². The van der Waals surface area contributed by atoms with Crippen LogP contribution in [0.5, 0.6) is 11.5 Å². The van der Waals surface area contributed by atoms with E-state index in [1.54, 1.807) is 14.2 Å². The molecule has 2 aromatic rings. The number of cyclic esters (lactones) is 2. The van der Waals surface area contributed by atoms with Crippen LogP contribution in [0, 0.1) is 0 Å². The van der Waals surface area contributed by atoms with Crippen LogP contribution in [0.15, 0.2) is 48.5 Å². The molecule has 1 aliphatic rings. The van der Waals surface area contributed by atoms with Gasteiger partial charge in [0.2, 0.25) is 0 Å². The molecule has 8 heteroatoms. The van der Waals surface area contributed by atoms with E-state index in [4.69, 9.17) is 28.4 Å². The number of methoxy groups -OCH3 is 2. The zero-order valence-electron chi connectivity index (χ0n) is 24.3. The number of carbonyl (C=O) groups is 2. The fourth-order valence-corrected chi connectivity index (χ4v) is 4.58. The van der Waals surface area contributed by atoms with Crippen LogP contribution < -0.4 is 9.47 Å². The topological polar surface area (TPSA) is 89.5 Å². The molecule has 3 rings (SSSR count). The molecule has 8 nitrogen and oxygen atoms in total. The van der Waals surface area contributed by atoms with E-state index >= 15 is 0 Å². The van der Waals surface area contributed by atoms with Crippen molar-refractivity contribution in [2.45, 2.75) is 103 Å². The van der Waals surface area contributed by atoms with Gasteiger partial charge in [-0.25, -0.2) is 0 Å². The second-order valence-electron chi connectivity index (χ2n) is 10.4. The third kappa shape index (κ3) is 11.6. The smallest absolute Gasteiger partial charge is 0.306 e. The van der Waals surface area contributed by atoms with Gasteiger partial charge in [0, 0.05) is 12.8 Å². The quantitative estimate of drug-likeness (QED) is 0.357. The predicted molar refractivity (Wildman–Crippen MR) is 151 cm³/mol. The molecule has 0 aliphatic carbocycles. The van der Waals surface area contributed by atoms with Gasteiger partial charge >= 0.3 is 11.9 Å². The number of hydrogen-bond donors (Lipinski definition) is 0. The highest BCUT2D eigenvalue weighted by atomic mass is 16.5. The normalized spacial score (nSPS) is 23.6. The first-order chi connectivity index (χ1) is 19.3. The number of ether oxygens (including phenoxy) is 6. The Morgan fingerprint density at radius 1 is 0.600 bits per heavy atom. The summed E-state index contributed by atoms with van der Waals surface area (Å²) in [7, 11) is 3.27. The summed E-state index contributed by atoms with van der Waals surface area (Å²) in [4.78, 5) is 25.3. The van der Waals surface area contributed by atoms with Gasteiger partial charge in [-0.1, -0.05) is 24.3 Å². The monoisotopic (exact) mass is 556 g/mol. The average molecular weight is 557 g/mol. The number of esters is 2. The van der Waals surface area contributed by atoms with E-state index in [-0.39, 0.29) is 49.2 Å². The number of rotatable bonds is 8. The van der Waals surface area contributed by atoms with Gasteiger partial charge in [-0.2, -0.15) is 0 Å². The lowest BCUT2D eigenvalue weighted by Gasteiger charge is -2.23. The molecule has 220 valence electrons. The van der Waals surface area contributed by atoms with E-state index in [0.29, 0.717) is 51.7 Å². The summed E-state index contributed by atoms with van der Waals surface area (Å²) < 4.78 is 34.2. The lowest BCUT2D eigenvalue weighted by Crippen LogP contribution is -2.24. The number of carbonyl (C=O) groups excluding carboxylic acids is 2. The van der Waals surface area contributed by atoms with E-state index in [0.717, 1.165) is 22.6 Å². The highest BCUT2D eigenvalue weighted by Crippen LogP contribution is 2.21. The average Bonchev–Trinajstić information content (AvgIpc) is 2.96. The maximum Gasteiger partial charge on any atom is 0.306 e. The van der Waals surface area contributed by atoms with Crippen molar-refractivity contribution >= 4 is 11.9 Å². The van der Waals surface area contributed by atoms with Crippen LogP contribution in [-0.2, 0) is 41.8 Å². The summed E-state index contributed by atoms with van der Waals surface area (Å²) in [6, 6.07) is 15.4. The molecule has 0 amide bonds. The second kappa shape index (κ2) is 16.9. The van der Waals surface area contributed by atoms with Crippen LogP contribution >= 0.6 is 0 Å². The van der Waals surface area contributed by atoms with Crippen molar-refractivity contribution in [2.75, 3.05) is 14.2 Å². The first kappa shape index (κ1) is 31.4. The molecule has 0 aromatic heterocycles. The molecule has 0 radical (unpaired) electrons. The van der Waals surface area contributed by atoms with Gasteiger partial charge < -0.3 is 28.4 Å². The molecule has 0 N–H and O–H groups in total. The Morgan fingerprint density at radius 2 is 0.975 bits per heavy atom. The third-order valence-electron chi connectivity index (χ3n) is 7.09. The van der Waals surface area contributed by atoms with Crippen LogP contribution in [-0.4, -0.2) is 50.6 Å². The Hall–Kier alpha value is -3.10. The van der Waals surface area contributed by atoms with E-state index < -0.39 is 0 Å². The third-order valence-corrected chi connectivity index (χ3v) is 7.09. The Labute approximate surface area is 238 Å². The molecule has 1 aliphatic heterocycles. The van der Waals surface area contributed by atoms with Crippen molar-refractivity contribution in [3.8, 4) is 11.5 Å². The summed E-state index contributed by atoms with van der Waals surface area (Å²) >= 11 is 0. The summed E-state index contributed by atoms with van der Waals surface area (Å²) in [6.45, 7) is 4.64. The van der Waals surface area contributed by atoms with Crippen LogP contribution in [0.4, 0.5) is 0 Å². The molecule has 40 heavy (non-hydrogen) atoms. The minimum atomic E-state index is -0.252. The van der Waals surface area contributed by atoms with E-state index in [9.17, 15) is 9.59 Å². The molecule has 0 unspecified atom stereocenters. The highest BCUT2D eigenvalue weighted by molar-refractivity contribution is 5.70. The predicted octanol–water partition coefficient (Wildman–Crippen LogP) is 6.17. The first-order valence-corrected chi connectivity index (χ1v) is 14.2. The molecule has 0 saturated carbocycles. The minimum absolute atomic E-state index is 0.158. The van der Waals surface area contributed by atoms with Crippen LogP contribution in [0.3, 0.4) is 0 Å². The van der Waals surface area contributed by atoms with Gasteiger partial charge in [0.15, 0.2) is 0 Å². The largest absolute Gasteiger partial charge is 0.497 e. The van der Waals surface area contributed by atoms with Crippen LogP contribution in [0.2, 0.25) is 0 Å². The lowest BCUT2D eigenvalue weighted by molar-refractivity contribution is -0.150. The summed E-state index contributed by atoms with van der Waals surface area (Å²) in [5.74, 6) is 1.12. The Kier molecular flexibility index (Phi) is 13.3. The van der Waals surface area contributed by atoms with Crippen molar-refractivity contribution in [1.29, 1.82) is 0 Å². The van der Waals surface area contributed by atoms with E-state index in [1.165, 1.54) is 0 Å². The fraction of sp³-hybridized carbons (Fsp3) is 0.562. The number of hydrogen-bond acceptors (Lipinski definition) is 8. The molecule has 1 fully saturated rings. The Morgan fingerprint density at radius 3 is 1.32 bits per heavy atom. The van der Waals surface area contributed by atoms with Crippen LogP contribution in [0.25, 0.3) is 0 Å². The van der Waals surface area contributed by atoms with Crippen LogP contribution in [0.1, 0.15) is 76.3 Å². The molecule has 1 heterocycles. The lowest BCUT2D eigenvalue weighted by atomic mass is 10.0. The zero-order chi connectivity index (χ0) is 28.7. The van der Waals surface area contributed by atoms with Crippen molar-refractivity contribution < 1.29 is 38.0 Å². The molecular formula is C32H44O8. The zero-order valence-corrected chi connectivity index (χ0v) is 24.3. The summed E-state index contributed by atoms with van der Waals surface area (Å²) in [5.41, 5.74) is 2.04. The molecule has 0 bridgehead atoms. The standard InChI is InChI=1S/C32H44O8/c1-23-5-11-29(37-21-25-7-13-27(35-3)14-8-25)18-20-32(34)40-24(2)6-12-30(17-19-31(33)39-23)38-22-26-9-15-28(36-4)16-10-26/h7-10,13-16,23-24,29-30H,5-6,11-12,17-22H2,1-4H3/t23-,24-,29+,30+/m1/s1. The summed E-state index contributed by atoms with van der Waals surface area (Å²) in [5, 5.41) is 0. The van der Waals surface area contributed by atoms with Crippen molar-refractivity contribution in [1.82, 2.24) is 0 Å². The van der Waals surface area contributed by atoms with Gasteiger partial charge in [0.25, 0.3) is 0 Å². The minimum Gasteiger partial charge on any atom is -0.497 e. The van der Waals surface area contributed by atoms with Crippen molar-refractivity contribution in [2.24, 2.45) is 0 Å². The first-order valence-electron chi connectivity index (χ1n) is 14.2. The van der Waals surface area contributed by atoms with Gasteiger partial charge in [-0.05, 0) is 87.8 Å². The van der Waals surface area contributed by atoms with Crippen molar-refractivity contribution in [3.63, 3.8) is 0 Å². The van der Waals surface area contributed by atoms with Gasteiger partial charge in [-0.15, -0.1) is 0 Å². The number of benzene rings is 2. The van der Waals surface area contributed by atoms with E-state index in [2.05, 4.69) is 0 Å². The molecule has 4 atom stereocenters. The van der Waals surface area contributed by atoms with Gasteiger partial charge in [-0.3, -0.25) is 9.59 Å². The fourth-order valence-electron chi connectivity index (χ4n) is 4.58. The Balaban J connectivity index is 1.56. The van der Waals surface area contributed by atoms with Gasteiger partial charge in [0.1, 0.15) is 11.5 Å². The Bertz CT molecular complexity index is 937. The van der Waals surface area contributed by atoms with E-state index in [1.807, 2.05) is 62.4 Å². The molecule has 2 aromatic carbocycles. The van der Waals surface area contributed by atoms with Gasteiger partial charge in [0.05, 0.1) is 51.8 Å². The second-order valence-corrected chi connectivity index (χ2v) is 10.4. The molecule has 1 saturated heterocycles. The molecular weight excluding hydrogens is 512 g/mol. The maximum absolute atomic E-state index is 12.6. The SMILES string of the molecule is COc1ccc(CO[C@@H]2CCC(=O)O[C@H](C)CC[C@H](OCc3ccc(OC)cc3)CCC(=O)O[C@H](C)CC2)cc1. The summed E-state index contributed by atoms with van der Waals surface area (Å²) in [6.07, 6.45) is 3.41. The molecule has 0 spiro atoms. The maximum atomic E-state index is 12.6.